The molecule has 0 bridgehead atoms. The summed E-state index contributed by atoms with van der Waals surface area (Å²) in [6.07, 6.45) is 0.407. The Morgan fingerprint density at radius 3 is 1.87 bits per heavy atom. The highest BCUT2D eigenvalue weighted by molar-refractivity contribution is 6.99. The number of epoxide rings is 1. The van der Waals surface area contributed by atoms with Crippen LogP contribution in [0.2, 0.25) is 5.04 Å². The molecule has 162 valence electrons. The molecule has 0 saturated carbocycles. The average molecular weight is 433 g/mol. The summed E-state index contributed by atoms with van der Waals surface area (Å²) < 4.78 is 12.2. The fourth-order valence-corrected chi connectivity index (χ4v) is 8.92. The van der Waals surface area contributed by atoms with Crippen molar-refractivity contribution in [3.05, 3.63) is 96.1 Å². The molecule has 3 nitrogen and oxygen atoms in total. The molecule has 3 aromatic carbocycles. The number of rotatable bonds is 8. The lowest BCUT2D eigenvalue weighted by atomic mass is 10.0. The van der Waals surface area contributed by atoms with Gasteiger partial charge in [0.2, 0.25) is 0 Å². The Morgan fingerprint density at radius 2 is 1.42 bits per heavy atom. The maximum Gasteiger partial charge on any atom is 0.261 e. The first kappa shape index (κ1) is 22.0. The second-order valence-electron chi connectivity index (χ2n) is 9.40. The van der Waals surface area contributed by atoms with E-state index in [2.05, 4.69) is 93.6 Å². The standard InChI is InChI=1S/C27H32O3Si/c1-27(2,3)31(24-10-6-4-7-11-24,25-12-8-5-9-13-25)30-19-21-14-16-22(17-15-21)26(28)18-23-20-29-23/h4-17,23,26,28H,18-20H2,1-3H3/t23?,26-/m0/s1. The SMILES string of the molecule is CC(C)(C)[Si](OCc1ccc([C@@H](O)CC2CO2)cc1)(c1ccccc1)c1ccccc1. The zero-order valence-corrected chi connectivity index (χ0v) is 19.6. The first-order chi connectivity index (χ1) is 14.9. The number of hydrogen-bond acceptors (Lipinski definition) is 3. The monoisotopic (exact) mass is 432 g/mol. The van der Waals surface area contributed by atoms with Crippen LogP contribution in [0.25, 0.3) is 0 Å². The molecule has 2 atom stereocenters. The van der Waals surface area contributed by atoms with Crippen molar-refractivity contribution in [2.24, 2.45) is 0 Å². The molecule has 0 aliphatic carbocycles. The normalized spacial score (nSPS) is 17.4. The molecule has 4 rings (SSSR count). The second-order valence-corrected chi connectivity index (χ2v) is 13.7. The first-order valence-electron chi connectivity index (χ1n) is 11.0. The molecule has 1 N–H and O–H groups in total. The van der Waals surface area contributed by atoms with Crippen molar-refractivity contribution >= 4 is 18.7 Å². The molecule has 1 aliphatic heterocycles. The number of hydrogen-bond donors (Lipinski definition) is 1. The van der Waals surface area contributed by atoms with Crippen molar-refractivity contribution in [2.75, 3.05) is 6.61 Å². The van der Waals surface area contributed by atoms with E-state index in [9.17, 15) is 5.11 Å². The minimum atomic E-state index is -2.55. The zero-order chi connectivity index (χ0) is 21.9. The van der Waals surface area contributed by atoms with Gasteiger partial charge in [0.15, 0.2) is 0 Å². The van der Waals surface area contributed by atoms with Gasteiger partial charge in [0.25, 0.3) is 8.32 Å². The van der Waals surface area contributed by atoms with Gasteiger partial charge in [-0.1, -0.05) is 106 Å². The summed E-state index contributed by atoms with van der Waals surface area (Å²) in [5.41, 5.74) is 2.05. The summed E-state index contributed by atoms with van der Waals surface area (Å²) >= 11 is 0. The van der Waals surface area contributed by atoms with E-state index >= 15 is 0 Å². The topological polar surface area (TPSA) is 42.0 Å². The largest absolute Gasteiger partial charge is 0.403 e. The van der Waals surface area contributed by atoms with Gasteiger partial charge in [0.05, 0.1) is 25.4 Å². The van der Waals surface area contributed by atoms with Crippen LogP contribution in [0.3, 0.4) is 0 Å². The summed E-state index contributed by atoms with van der Waals surface area (Å²) in [4.78, 5) is 0. The zero-order valence-electron chi connectivity index (χ0n) is 18.6. The van der Waals surface area contributed by atoms with E-state index in [0.717, 1.165) is 17.7 Å². The fourth-order valence-electron chi connectivity index (χ4n) is 4.38. The van der Waals surface area contributed by atoms with Crippen molar-refractivity contribution in [1.82, 2.24) is 0 Å². The maximum atomic E-state index is 10.4. The van der Waals surface area contributed by atoms with E-state index < -0.39 is 14.4 Å². The van der Waals surface area contributed by atoms with E-state index in [1.807, 2.05) is 12.1 Å². The molecule has 0 amide bonds. The van der Waals surface area contributed by atoms with E-state index in [1.165, 1.54) is 10.4 Å². The van der Waals surface area contributed by atoms with Crippen LogP contribution in [0.1, 0.15) is 44.4 Å². The van der Waals surface area contributed by atoms with E-state index in [0.29, 0.717) is 13.0 Å². The molecule has 4 heteroatoms. The predicted molar refractivity (Wildman–Crippen MR) is 128 cm³/mol. The summed E-state index contributed by atoms with van der Waals surface area (Å²) in [5, 5.41) is 12.9. The molecule has 1 fully saturated rings. The van der Waals surface area contributed by atoms with Gasteiger partial charge in [-0.25, -0.2) is 0 Å². The smallest absolute Gasteiger partial charge is 0.261 e. The van der Waals surface area contributed by atoms with Crippen LogP contribution in [-0.2, 0) is 15.8 Å². The Balaban J connectivity index is 1.62. The fraction of sp³-hybridized carbons (Fsp3) is 0.333. The third-order valence-electron chi connectivity index (χ3n) is 6.13. The molecular formula is C27H32O3Si. The maximum absolute atomic E-state index is 10.4. The van der Waals surface area contributed by atoms with Crippen LogP contribution in [0.15, 0.2) is 84.9 Å². The van der Waals surface area contributed by atoms with E-state index in [1.54, 1.807) is 0 Å². The molecule has 3 aromatic rings. The molecule has 0 spiro atoms. The Labute approximate surface area is 186 Å². The molecule has 1 heterocycles. The average Bonchev–Trinajstić information content (AvgIpc) is 3.59. The van der Waals surface area contributed by atoms with Crippen molar-refractivity contribution in [1.29, 1.82) is 0 Å². The Bertz CT molecular complexity index is 921. The van der Waals surface area contributed by atoms with Gasteiger partial charge < -0.3 is 14.3 Å². The van der Waals surface area contributed by atoms with Crippen molar-refractivity contribution in [3.63, 3.8) is 0 Å². The van der Waals surface area contributed by atoms with Crippen molar-refractivity contribution in [3.8, 4) is 0 Å². The third-order valence-corrected chi connectivity index (χ3v) is 11.1. The minimum Gasteiger partial charge on any atom is -0.403 e. The quantitative estimate of drug-likeness (QED) is 0.418. The van der Waals surface area contributed by atoms with Gasteiger partial charge in [-0.15, -0.1) is 0 Å². The van der Waals surface area contributed by atoms with Crippen molar-refractivity contribution < 1.29 is 14.3 Å². The van der Waals surface area contributed by atoms with Crippen LogP contribution >= 0.6 is 0 Å². The second kappa shape index (κ2) is 9.09. The van der Waals surface area contributed by atoms with E-state index in [4.69, 9.17) is 9.16 Å². The molecule has 0 radical (unpaired) electrons. The lowest BCUT2D eigenvalue weighted by Crippen LogP contribution is -2.66. The van der Waals surface area contributed by atoms with Crippen LogP contribution in [0, 0.1) is 0 Å². The first-order valence-corrected chi connectivity index (χ1v) is 12.9. The van der Waals surface area contributed by atoms with Gasteiger partial charge in [-0.2, -0.15) is 0 Å². The lowest BCUT2D eigenvalue weighted by Gasteiger charge is -2.43. The van der Waals surface area contributed by atoms with Crippen LogP contribution in [0.5, 0.6) is 0 Å². The van der Waals surface area contributed by atoms with Gasteiger partial charge in [-0.05, 0) is 26.5 Å². The van der Waals surface area contributed by atoms with Crippen LogP contribution < -0.4 is 10.4 Å². The van der Waals surface area contributed by atoms with Gasteiger partial charge >= 0.3 is 0 Å². The Morgan fingerprint density at radius 1 is 0.903 bits per heavy atom. The molecule has 0 aromatic heterocycles. The van der Waals surface area contributed by atoms with Gasteiger partial charge in [0, 0.05) is 6.42 Å². The molecule has 1 unspecified atom stereocenters. The molecule has 1 aliphatic rings. The lowest BCUT2D eigenvalue weighted by molar-refractivity contribution is 0.154. The van der Waals surface area contributed by atoms with Crippen LogP contribution in [0.4, 0.5) is 0 Å². The van der Waals surface area contributed by atoms with Gasteiger partial charge in [0.1, 0.15) is 0 Å². The third kappa shape index (κ3) is 4.83. The number of benzene rings is 3. The molecule has 31 heavy (non-hydrogen) atoms. The summed E-state index contributed by atoms with van der Waals surface area (Å²) in [5.74, 6) is 0. The Kier molecular flexibility index (Phi) is 6.44. The number of ether oxygens (including phenoxy) is 1. The Hall–Kier alpha value is -2.24. The molecular weight excluding hydrogens is 400 g/mol. The summed E-state index contributed by atoms with van der Waals surface area (Å²) in [6.45, 7) is 8.17. The van der Waals surface area contributed by atoms with Crippen LogP contribution in [-0.4, -0.2) is 26.1 Å². The van der Waals surface area contributed by atoms with Gasteiger partial charge in [-0.3, -0.25) is 0 Å². The van der Waals surface area contributed by atoms with E-state index in [-0.39, 0.29) is 11.1 Å². The summed E-state index contributed by atoms with van der Waals surface area (Å²) in [6, 6.07) is 29.6. The molecule has 1 saturated heterocycles. The highest BCUT2D eigenvalue weighted by Crippen LogP contribution is 2.37. The predicted octanol–water partition coefficient (Wildman–Crippen LogP) is 4.59. The number of aliphatic hydroxyl groups is 1. The highest BCUT2D eigenvalue weighted by Gasteiger charge is 2.50. The summed E-state index contributed by atoms with van der Waals surface area (Å²) in [7, 11) is -2.55. The minimum absolute atomic E-state index is 0.0455. The highest BCUT2D eigenvalue weighted by atomic mass is 28.4. The number of aliphatic hydroxyl groups excluding tert-OH is 1. The van der Waals surface area contributed by atoms with Crippen molar-refractivity contribution in [2.45, 2.75) is 51.0 Å².